The Hall–Kier alpha value is -2.57. The second kappa shape index (κ2) is 6.74. The number of aliphatic hydroxyl groups excluding tert-OH is 1. The maximum Gasteiger partial charge on any atom is 0.231 e. The Bertz CT molecular complexity index is 958. The number of fused-ring (bicyclic) bond motifs is 1. The van der Waals surface area contributed by atoms with E-state index in [4.69, 9.17) is 14.5 Å². The number of aromatic nitrogens is 1. The summed E-state index contributed by atoms with van der Waals surface area (Å²) in [5, 5.41) is 11.5. The van der Waals surface area contributed by atoms with E-state index in [1.807, 2.05) is 47.0 Å². The normalized spacial score (nSPS) is 13.4. The zero-order valence-corrected chi connectivity index (χ0v) is 14.6. The van der Waals surface area contributed by atoms with Crippen molar-refractivity contribution >= 4 is 17.0 Å². The van der Waals surface area contributed by atoms with Crippen LogP contribution < -0.4 is 14.3 Å². The number of hydrogen-bond acceptors (Lipinski definition) is 5. The molecule has 1 aliphatic heterocycles. The first kappa shape index (κ1) is 15.9. The minimum absolute atomic E-state index is 0.0510. The molecule has 2 aromatic carbocycles. The first-order valence-electron chi connectivity index (χ1n) is 8.05. The largest absolute Gasteiger partial charge is 0.454 e. The molecule has 2 heterocycles. The van der Waals surface area contributed by atoms with Crippen LogP contribution in [0.2, 0.25) is 0 Å². The Balaban J connectivity index is 1.79. The van der Waals surface area contributed by atoms with E-state index in [-0.39, 0.29) is 13.4 Å². The smallest absolute Gasteiger partial charge is 0.231 e. The molecule has 1 aliphatic rings. The molecule has 6 heteroatoms. The Labute approximate surface area is 149 Å². The maximum absolute atomic E-state index is 9.49. The standard InChI is InChI=1S/C19H18N2O3S/c1-13-2-5-15(6-3-13)20-19-21(8-9-22)16(11-25-19)14-4-7-17-18(10-14)24-12-23-17/h2-7,10-11,22H,8-9,12H2,1H3. The zero-order chi connectivity index (χ0) is 17.2. The van der Waals surface area contributed by atoms with Gasteiger partial charge in [-0.2, -0.15) is 0 Å². The topological polar surface area (TPSA) is 56.0 Å². The van der Waals surface area contributed by atoms with E-state index in [0.717, 1.165) is 33.2 Å². The molecular weight excluding hydrogens is 336 g/mol. The van der Waals surface area contributed by atoms with Crippen molar-refractivity contribution in [1.82, 2.24) is 4.57 Å². The van der Waals surface area contributed by atoms with Gasteiger partial charge < -0.3 is 19.1 Å². The molecule has 0 saturated heterocycles. The van der Waals surface area contributed by atoms with E-state index in [1.54, 1.807) is 11.3 Å². The van der Waals surface area contributed by atoms with Crippen molar-refractivity contribution in [3.63, 3.8) is 0 Å². The first-order chi connectivity index (χ1) is 12.2. The Kier molecular flexibility index (Phi) is 4.29. The van der Waals surface area contributed by atoms with Gasteiger partial charge in [-0.3, -0.25) is 0 Å². The van der Waals surface area contributed by atoms with E-state index in [9.17, 15) is 5.11 Å². The fourth-order valence-electron chi connectivity index (χ4n) is 2.75. The molecule has 1 aromatic heterocycles. The third-order valence-electron chi connectivity index (χ3n) is 4.05. The fourth-order valence-corrected chi connectivity index (χ4v) is 3.71. The molecule has 0 radical (unpaired) electrons. The average Bonchev–Trinajstić information content (AvgIpc) is 3.24. The number of aryl methyl sites for hydroxylation is 1. The van der Waals surface area contributed by atoms with Gasteiger partial charge in [0.2, 0.25) is 6.79 Å². The minimum Gasteiger partial charge on any atom is -0.454 e. The van der Waals surface area contributed by atoms with Gasteiger partial charge in [0.15, 0.2) is 16.3 Å². The van der Waals surface area contributed by atoms with E-state index in [2.05, 4.69) is 12.3 Å². The number of benzene rings is 2. The van der Waals surface area contributed by atoms with Crippen molar-refractivity contribution in [3.05, 3.63) is 58.2 Å². The summed E-state index contributed by atoms with van der Waals surface area (Å²) in [7, 11) is 0. The second-order valence-corrected chi connectivity index (χ2v) is 6.63. The Morgan fingerprint density at radius 2 is 1.92 bits per heavy atom. The molecular formula is C19H18N2O3S. The van der Waals surface area contributed by atoms with Crippen LogP contribution in [-0.2, 0) is 6.54 Å². The summed E-state index contributed by atoms with van der Waals surface area (Å²) in [6.45, 7) is 2.85. The van der Waals surface area contributed by atoms with Gasteiger partial charge in [0, 0.05) is 17.5 Å². The number of hydrogen-bond donors (Lipinski definition) is 1. The van der Waals surface area contributed by atoms with Crippen molar-refractivity contribution in [2.75, 3.05) is 13.4 Å². The number of nitrogens with zero attached hydrogens (tertiary/aromatic N) is 2. The van der Waals surface area contributed by atoms with E-state index < -0.39 is 0 Å². The van der Waals surface area contributed by atoms with Crippen LogP contribution in [-0.4, -0.2) is 23.1 Å². The molecule has 0 aliphatic carbocycles. The molecule has 1 N–H and O–H groups in total. The molecule has 0 bridgehead atoms. The van der Waals surface area contributed by atoms with Gasteiger partial charge in [0.05, 0.1) is 18.0 Å². The summed E-state index contributed by atoms with van der Waals surface area (Å²) >= 11 is 1.56. The highest BCUT2D eigenvalue weighted by atomic mass is 32.1. The van der Waals surface area contributed by atoms with Crippen LogP contribution >= 0.6 is 11.3 Å². The minimum atomic E-state index is 0.0510. The van der Waals surface area contributed by atoms with Crippen LogP contribution in [0, 0.1) is 6.92 Å². The number of ether oxygens (including phenoxy) is 2. The van der Waals surface area contributed by atoms with Gasteiger partial charge in [-0.15, -0.1) is 11.3 Å². The predicted octanol–water partition coefficient (Wildman–Crippen LogP) is 3.48. The van der Waals surface area contributed by atoms with E-state index >= 15 is 0 Å². The van der Waals surface area contributed by atoms with Crippen molar-refractivity contribution in [2.45, 2.75) is 13.5 Å². The Morgan fingerprint density at radius 3 is 2.72 bits per heavy atom. The van der Waals surface area contributed by atoms with Gasteiger partial charge in [-0.25, -0.2) is 4.99 Å². The van der Waals surface area contributed by atoms with Gasteiger partial charge in [-0.1, -0.05) is 17.7 Å². The van der Waals surface area contributed by atoms with Crippen molar-refractivity contribution in [2.24, 2.45) is 4.99 Å². The summed E-state index contributed by atoms with van der Waals surface area (Å²) in [5.41, 5.74) is 4.12. The SMILES string of the molecule is Cc1ccc(N=c2scc(-c3ccc4c(c3)OCO4)n2CCO)cc1. The lowest BCUT2D eigenvalue weighted by Gasteiger charge is -2.08. The highest BCUT2D eigenvalue weighted by Crippen LogP contribution is 2.36. The third kappa shape index (κ3) is 3.18. The van der Waals surface area contributed by atoms with Crippen molar-refractivity contribution in [3.8, 4) is 22.8 Å². The lowest BCUT2D eigenvalue weighted by atomic mass is 10.1. The summed E-state index contributed by atoms with van der Waals surface area (Å²) in [6, 6.07) is 14.0. The van der Waals surface area contributed by atoms with Crippen LogP contribution in [0.15, 0.2) is 52.8 Å². The van der Waals surface area contributed by atoms with Crippen LogP contribution in [0.1, 0.15) is 5.56 Å². The molecule has 0 atom stereocenters. The van der Waals surface area contributed by atoms with Gasteiger partial charge in [0.1, 0.15) is 0 Å². The molecule has 0 amide bonds. The van der Waals surface area contributed by atoms with E-state index in [0.29, 0.717) is 6.54 Å². The monoisotopic (exact) mass is 354 g/mol. The quantitative estimate of drug-likeness (QED) is 0.780. The number of thiazole rings is 1. The van der Waals surface area contributed by atoms with Crippen molar-refractivity contribution < 1.29 is 14.6 Å². The number of aliphatic hydroxyl groups is 1. The fraction of sp³-hybridized carbons (Fsp3) is 0.211. The summed E-state index contributed by atoms with van der Waals surface area (Å²) in [6.07, 6.45) is 0. The zero-order valence-electron chi connectivity index (χ0n) is 13.8. The Morgan fingerprint density at radius 1 is 1.12 bits per heavy atom. The van der Waals surface area contributed by atoms with Crippen LogP contribution in [0.4, 0.5) is 5.69 Å². The molecule has 0 fully saturated rings. The highest BCUT2D eigenvalue weighted by Gasteiger charge is 2.16. The molecule has 0 spiro atoms. The van der Waals surface area contributed by atoms with Gasteiger partial charge >= 0.3 is 0 Å². The molecule has 5 nitrogen and oxygen atoms in total. The second-order valence-electron chi connectivity index (χ2n) is 5.79. The van der Waals surface area contributed by atoms with Crippen LogP contribution in [0.3, 0.4) is 0 Å². The van der Waals surface area contributed by atoms with E-state index in [1.165, 1.54) is 5.56 Å². The average molecular weight is 354 g/mol. The van der Waals surface area contributed by atoms with Gasteiger partial charge in [0.25, 0.3) is 0 Å². The summed E-state index contributed by atoms with van der Waals surface area (Å²) in [4.78, 5) is 5.59. The third-order valence-corrected chi connectivity index (χ3v) is 4.91. The molecule has 25 heavy (non-hydrogen) atoms. The predicted molar refractivity (Wildman–Crippen MR) is 97.4 cm³/mol. The number of rotatable bonds is 4. The summed E-state index contributed by atoms with van der Waals surface area (Å²) in [5.74, 6) is 1.51. The first-order valence-corrected chi connectivity index (χ1v) is 8.93. The van der Waals surface area contributed by atoms with Crippen LogP contribution in [0.5, 0.6) is 11.5 Å². The highest BCUT2D eigenvalue weighted by molar-refractivity contribution is 7.07. The molecule has 0 saturated carbocycles. The molecule has 4 rings (SSSR count). The molecule has 128 valence electrons. The lowest BCUT2D eigenvalue weighted by molar-refractivity contribution is 0.174. The maximum atomic E-state index is 9.49. The van der Waals surface area contributed by atoms with Gasteiger partial charge in [-0.05, 0) is 37.3 Å². The van der Waals surface area contributed by atoms with Crippen molar-refractivity contribution in [1.29, 1.82) is 0 Å². The molecule has 0 unspecified atom stereocenters. The summed E-state index contributed by atoms with van der Waals surface area (Å²) < 4.78 is 12.9. The molecule has 3 aromatic rings. The van der Waals surface area contributed by atoms with Crippen LogP contribution in [0.25, 0.3) is 11.3 Å². The lowest BCUT2D eigenvalue weighted by Crippen LogP contribution is -2.17.